The third-order valence-electron chi connectivity index (χ3n) is 7.89. The van der Waals surface area contributed by atoms with Gasteiger partial charge in [0.15, 0.2) is 11.6 Å². The molecule has 1 spiro atoms. The highest BCUT2D eigenvalue weighted by atomic mass is 32.1. The minimum absolute atomic E-state index is 0.290. The quantitative estimate of drug-likeness (QED) is 0.449. The summed E-state index contributed by atoms with van der Waals surface area (Å²) in [4.78, 5) is 19.3. The smallest absolute Gasteiger partial charge is 0.163 e. The zero-order valence-corrected chi connectivity index (χ0v) is 20.5. The molecule has 3 aliphatic rings. The molecule has 182 valence electrons. The lowest BCUT2D eigenvalue weighted by Gasteiger charge is -2.48. The van der Waals surface area contributed by atoms with Crippen LogP contribution >= 0.6 is 11.3 Å². The Hall–Kier alpha value is -2.59. The topological polar surface area (TPSA) is 69.3 Å². The van der Waals surface area contributed by atoms with Crippen LogP contribution in [-0.2, 0) is 11.3 Å². The number of piperidine rings is 1. The number of H-pyrrole nitrogens is 1. The zero-order chi connectivity index (χ0) is 23.4. The number of aromatic nitrogens is 3. The fourth-order valence-corrected chi connectivity index (χ4v) is 6.86. The Balaban J connectivity index is 1.27. The number of fused-ring (bicyclic) bond motifs is 2. The van der Waals surface area contributed by atoms with E-state index in [-0.39, 0.29) is 5.82 Å². The summed E-state index contributed by atoms with van der Waals surface area (Å²) >= 11 is 1.80. The molecule has 0 bridgehead atoms. The van der Waals surface area contributed by atoms with Gasteiger partial charge >= 0.3 is 0 Å². The van der Waals surface area contributed by atoms with Gasteiger partial charge in [0, 0.05) is 60.3 Å². The molecule has 2 N–H and O–H groups in total. The largest absolute Gasteiger partial charge is 0.378 e. The summed E-state index contributed by atoms with van der Waals surface area (Å²) < 4.78 is 21.2. The first-order valence-corrected chi connectivity index (χ1v) is 13.3. The Morgan fingerprint density at radius 3 is 2.66 bits per heavy atom. The van der Waals surface area contributed by atoms with Crippen LogP contribution < -0.4 is 10.2 Å². The summed E-state index contributed by atoms with van der Waals surface area (Å²) in [6, 6.07) is 7.25. The Bertz CT molecular complexity index is 1380. The predicted molar refractivity (Wildman–Crippen MR) is 138 cm³/mol. The molecule has 1 aromatic carbocycles. The summed E-state index contributed by atoms with van der Waals surface area (Å²) in [6.07, 6.45) is 4.39. The highest BCUT2D eigenvalue weighted by Crippen LogP contribution is 2.39. The van der Waals surface area contributed by atoms with Crippen LogP contribution in [-0.4, -0.2) is 72.3 Å². The summed E-state index contributed by atoms with van der Waals surface area (Å²) in [7, 11) is 0. The van der Waals surface area contributed by atoms with Gasteiger partial charge < -0.3 is 19.9 Å². The molecule has 0 amide bonds. The summed E-state index contributed by atoms with van der Waals surface area (Å²) in [5.41, 5.74) is 2.98. The standard InChI is InChI=1S/C26H29FN6OS/c27-17-11-20(19-1-4-29-21(19)12-17)24-30-22-13-18(14-32-5-2-26(3-6-32)15-28-16-26)35-23(22)25(31-24)33-7-9-34-10-8-33/h1,4,11-13,28-29H,2-3,5-10,14-16H2. The maximum Gasteiger partial charge on any atom is 0.163 e. The molecule has 0 radical (unpaired) electrons. The zero-order valence-electron chi connectivity index (χ0n) is 19.6. The number of rotatable bonds is 4. The van der Waals surface area contributed by atoms with Crippen molar-refractivity contribution in [2.45, 2.75) is 19.4 Å². The molecule has 0 atom stereocenters. The highest BCUT2D eigenvalue weighted by molar-refractivity contribution is 7.19. The number of thiophene rings is 1. The molecule has 3 aliphatic heterocycles. The molecule has 7 rings (SSSR count). The molecule has 3 saturated heterocycles. The van der Waals surface area contributed by atoms with Crippen molar-refractivity contribution in [1.82, 2.24) is 25.2 Å². The average Bonchev–Trinajstić information content (AvgIpc) is 3.49. The molecule has 6 heterocycles. The second kappa shape index (κ2) is 8.51. The van der Waals surface area contributed by atoms with E-state index in [0.29, 0.717) is 24.5 Å². The Morgan fingerprint density at radius 2 is 1.89 bits per heavy atom. The molecule has 3 fully saturated rings. The Kier molecular flexibility index (Phi) is 5.27. The predicted octanol–water partition coefficient (Wildman–Crippen LogP) is 4.00. The maximum absolute atomic E-state index is 14.5. The van der Waals surface area contributed by atoms with Gasteiger partial charge in [0.1, 0.15) is 5.82 Å². The number of ether oxygens (including phenoxy) is 1. The second-order valence-corrected chi connectivity index (χ2v) is 11.3. The van der Waals surface area contributed by atoms with Crippen LogP contribution in [0.5, 0.6) is 0 Å². The monoisotopic (exact) mass is 492 g/mol. The lowest BCUT2D eigenvalue weighted by Crippen LogP contribution is -2.58. The van der Waals surface area contributed by atoms with Gasteiger partial charge in [-0.25, -0.2) is 14.4 Å². The minimum Gasteiger partial charge on any atom is -0.378 e. The van der Waals surface area contributed by atoms with E-state index in [1.807, 2.05) is 12.3 Å². The number of likely N-dealkylation sites (tertiary alicyclic amines) is 1. The van der Waals surface area contributed by atoms with E-state index in [2.05, 4.69) is 26.2 Å². The number of halogens is 1. The summed E-state index contributed by atoms with van der Waals surface area (Å²) in [5.74, 6) is 1.22. The van der Waals surface area contributed by atoms with Crippen LogP contribution in [0, 0.1) is 11.2 Å². The van der Waals surface area contributed by atoms with Crippen LogP contribution in [0.1, 0.15) is 17.7 Å². The van der Waals surface area contributed by atoms with Gasteiger partial charge in [0.2, 0.25) is 0 Å². The summed E-state index contributed by atoms with van der Waals surface area (Å²) in [6.45, 7) is 8.57. The number of nitrogens with zero attached hydrogens (tertiary/aromatic N) is 4. The molecule has 0 unspecified atom stereocenters. The number of anilines is 1. The number of hydrogen-bond donors (Lipinski definition) is 2. The van der Waals surface area contributed by atoms with E-state index >= 15 is 0 Å². The van der Waals surface area contributed by atoms with E-state index in [0.717, 1.165) is 65.2 Å². The van der Waals surface area contributed by atoms with Crippen molar-refractivity contribution < 1.29 is 9.13 Å². The normalized spacial score (nSPS) is 20.7. The van der Waals surface area contributed by atoms with Gasteiger partial charge in [-0.1, -0.05) is 0 Å². The Morgan fingerprint density at radius 1 is 1.06 bits per heavy atom. The van der Waals surface area contributed by atoms with E-state index in [9.17, 15) is 4.39 Å². The third kappa shape index (κ3) is 3.91. The SMILES string of the molecule is Fc1cc(-c2nc(N3CCOCC3)c3sc(CN4CCC5(CC4)CNC5)cc3n2)c2cc[nH]c2c1. The fourth-order valence-electron chi connectivity index (χ4n) is 5.71. The number of benzene rings is 1. The number of aromatic amines is 1. The van der Waals surface area contributed by atoms with Crippen molar-refractivity contribution in [1.29, 1.82) is 0 Å². The van der Waals surface area contributed by atoms with Crippen LogP contribution in [0.3, 0.4) is 0 Å². The molecule has 3 aromatic heterocycles. The van der Waals surface area contributed by atoms with Crippen molar-refractivity contribution in [3.63, 3.8) is 0 Å². The van der Waals surface area contributed by atoms with E-state index in [4.69, 9.17) is 14.7 Å². The lowest BCUT2D eigenvalue weighted by atomic mass is 9.73. The van der Waals surface area contributed by atoms with Gasteiger partial charge in [-0.2, -0.15) is 0 Å². The number of hydrogen-bond acceptors (Lipinski definition) is 7. The first-order chi connectivity index (χ1) is 17.2. The molecule has 7 nitrogen and oxygen atoms in total. The van der Waals surface area contributed by atoms with Crippen LogP contribution in [0.15, 0.2) is 30.5 Å². The van der Waals surface area contributed by atoms with Gasteiger partial charge in [0.05, 0.1) is 23.4 Å². The van der Waals surface area contributed by atoms with Crippen molar-refractivity contribution in [2.24, 2.45) is 5.41 Å². The Labute approximate surface area is 207 Å². The van der Waals surface area contributed by atoms with Crippen LogP contribution in [0.4, 0.5) is 10.2 Å². The minimum atomic E-state index is -0.290. The van der Waals surface area contributed by atoms with Gasteiger partial charge in [0.25, 0.3) is 0 Å². The molecule has 0 saturated carbocycles. The number of nitrogens with one attached hydrogen (secondary N) is 2. The fraction of sp³-hybridized carbons (Fsp3) is 0.462. The van der Waals surface area contributed by atoms with Crippen molar-refractivity contribution in [3.8, 4) is 11.4 Å². The highest BCUT2D eigenvalue weighted by Gasteiger charge is 2.39. The molecular weight excluding hydrogens is 463 g/mol. The van der Waals surface area contributed by atoms with Gasteiger partial charge in [-0.05, 0) is 55.6 Å². The van der Waals surface area contributed by atoms with E-state index < -0.39 is 0 Å². The van der Waals surface area contributed by atoms with Gasteiger partial charge in [-0.15, -0.1) is 11.3 Å². The second-order valence-electron chi connectivity index (χ2n) is 10.2. The van der Waals surface area contributed by atoms with Gasteiger partial charge in [-0.3, -0.25) is 4.90 Å². The summed E-state index contributed by atoms with van der Waals surface area (Å²) in [5, 5.41) is 4.38. The maximum atomic E-state index is 14.5. The molecular formula is C26H29FN6OS. The first kappa shape index (κ1) is 21.7. The van der Waals surface area contributed by atoms with Crippen LogP contribution in [0.2, 0.25) is 0 Å². The number of morpholine rings is 1. The molecule has 35 heavy (non-hydrogen) atoms. The lowest BCUT2D eigenvalue weighted by molar-refractivity contribution is 0.0524. The third-order valence-corrected chi connectivity index (χ3v) is 8.99. The van der Waals surface area contributed by atoms with Crippen molar-refractivity contribution in [3.05, 3.63) is 41.2 Å². The van der Waals surface area contributed by atoms with Crippen molar-refractivity contribution in [2.75, 3.05) is 57.4 Å². The molecule has 9 heteroatoms. The molecule has 0 aliphatic carbocycles. The first-order valence-electron chi connectivity index (χ1n) is 12.5. The average molecular weight is 493 g/mol. The van der Waals surface area contributed by atoms with E-state index in [1.165, 1.54) is 36.9 Å². The molecule has 4 aromatic rings. The van der Waals surface area contributed by atoms with Crippen LogP contribution in [0.25, 0.3) is 32.5 Å². The van der Waals surface area contributed by atoms with E-state index in [1.54, 1.807) is 17.4 Å². The van der Waals surface area contributed by atoms with Crippen molar-refractivity contribution >= 4 is 38.3 Å².